The lowest BCUT2D eigenvalue weighted by Crippen LogP contribution is -2.39. The summed E-state index contributed by atoms with van der Waals surface area (Å²) in [5.74, 6) is -0.213. The molecule has 0 bridgehead atoms. The number of rotatable bonds is 6. The van der Waals surface area contributed by atoms with Crippen molar-refractivity contribution in [3.63, 3.8) is 0 Å². The number of anilines is 1. The third kappa shape index (κ3) is 4.96. The van der Waals surface area contributed by atoms with E-state index in [-0.39, 0.29) is 12.3 Å². The molecule has 0 radical (unpaired) electrons. The number of halogens is 1. The number of aliphatic hydroxyl groups excluding tert-OH is 1. The Morgan fingerprint density at radius 3 is 2.62 bits per heavy atom. The summed E-state index contributed by atoms with van der Waals surface area (Å²) in [5.41, 5.74) is 1.31. The summed E-state index contributed by atoms with van der Waals surface area (Å²) in [6, 6.07) is 13.0. The monoisotopic (exact) mass is 332 g/mol. The van der Waals surface area contributed by atoms with Crippen molar-refractivity contribution in [2.75, 3.05) is 19.0 Å². The summed E-state index contributed by atoms with van der Waals surface area (Å²) in [6.07, 6.45) is -0.672. The van der Waals surface area contributed by atoms with Crippen LogP contribution in [0.15, 0.2) is 48.5 Å². The molecule has 2 amide bonds. The molecule has 0 aliphatic carbocycles. The van der Waals surface area contributed by atoms with Crippen LogP contribution >= 0.6 is 0 Å². The molecule has 2 rings (SSSR count). The minimum Gasteiger partial charge on any atom is -0.494 e. The number of amides is 2. The lowest BCUT2D eigenvalue weighted by Gasteiger charge is -2.25. The van der Waals surface area contributed by atoms with Crippen LogP contribution < -0.4 is 10.1 Å². The predicted octanol–water partition coefficient (Wildman–Crippen LogP) is 3.25. The maximum atomic E-state index is 13.3. The van der Waals surface area contributed by atoms with E-state index in [0.29, 0.717) is 12.2 Å². The molecule has 2 aromatic rings. The molecule has 0 saturated carbocycles. The molecule has 0 spiro atoms. The van der Waals surface area contributed by atoms with Gasteiger partial charge in [-0.25, -0.2) is 9.18 Å². The van der Waals surface area contributed by atoms with Gasteiger partial charge in [0.15, 0.2) is 0 Å². The number of hydrogen-bond donors (Lipinski definition) is 2. The van der Waals surface area contributed by atoms with E-state index in [1.165, 1.54) is 30.2 Å². The molecule has 0 aliphatic heterocycles. The normalized spacial score (nSPS) is 11.7. The first-order valence-electron chi connectivity index (χ1n) is 7.61. The molecule has 0 aliphatic rings. The summed E-state index contributed by atoms with van der Waals surface area (Å²) in [4.78, 5) is 14.0. The van der Waals surface area contributed by atoms with E-state index < -0.39 is 18.0 Å². The summed E-state index contributed by atoms with van der Waals surface area (Å²) in [6.45, 7) is 2.13. The highest BCUT2D eigenvalue weighted by atomic mass is 19.1. The smallest absolute Gasteiger partial charge is 0.322 e. The van der Waals surface area contributed by atoms with E-state index in [2.05, 4.69) is 5.32 Å². The topological polar surface area (TPSA) is 61.8 Å². The molecular weight excluding hydrogens is 311 g/mol. The zero-order valence-corrected chi connectivity index (χ0v) is 13.7. The lowest BCUT2D eigenvalue weighted by molar-refractivity contribution is 0.135. The number of urea groups is 1. The van der Waals surface area contributed by atoms with Crippen LogP contribution in [0.25, 0.3) is 0 Å². The Hall–Kier alpha value is -2.60. The van der Waals surface area contributed by atoms with Crippen LogP contribution in [0, 0.1) is 5.82 Å². The summed E-state index contributed by atoms with van der Waals surface area (Å²) in [7, 11) is 1.40. The zero-order valence-electron chi connectivity index (χ0n) is 13.7. The average Bonchev–Trinajstić information content (AvgIpc) is 2.56. The van der Waals surface area contributed by atoms with E-state index in [0.717, 1.165) is 5.56 Å². The summed E-state index contributed by atoms with van der Waals surface area (Å²) in [5, 5.41) is 12.4. The van der Waals surface area contributed by atoms with Gasteiger partial charge in [-0.3, -0.25) is 0 Å². The Bertz CT molecular complexity index is 677. The molecule has 0 heterocycles. The van der Waals surface area contributed by atoms with E-state index in [1.807, 2.05) is 30.3 Å². The zero-order chi connectivity index (χ0) is 17.5. The minimum atomic E-state index is -0.672. The van der Waals surface area contributed by atoms with Gasteiger partial charge in [-0.15, -0.1) is 0 Å². The van der Waals surface area contributed by atoms with Gasteiger partial charge >= 0.3 is 6.03 Å². The average molecular weight is 332 g/mol. The molecule has 2 aromatic carbocycles. The predicted molar refractivity (Wildman–Crippen MR) is 90.5 cm³/mol. The number of benzene rings is 2. The van der Waals surface area contributed by atoms with Gasteiger partial charge in [-0.2, -0.15) is 0 Å². The number of nitrogens with one attached hydrogen (secondary N) is 1. The van der Waals surface area contributed by atoms with Crippen molar-refractivity contribution in [3.8, 4) is 5.75 Å². The van der Waals surface area contributed by atoms with Crippen molar-refractivity contribution in [3.05, 3.63) is 59.9 Å². The minimum absolute atomic E-state index is 0.171. The van der Waals surface area contributed by atoms with Gasteiger partial charge in [-0.05, 0) is 24.6 Å². The Labute approximate surface area is 140 Å². The fourth-order valence-electron chi connectivity index (χ4n) is 2.30. The van der Waals surface area contributed by atoms with Gasteiger partial charge in [0.1, 0.15) is 11.6 Å². The molecule has 128 valence electrons. The largest absolute Gasteiger partial charge is 0.494 e. The fraction of sp³-hybridized carbons (Fsp3) is 0.278. The number of aliphatic hydroxyl groups is 1. The number of nitrogens with zero attached hydrogens (tertiary/aromatic N) is 1. The van der Waals surface area contributed by atoms with Gasteiger partial charge in [-0.1, -0.05) is 30.3 Å². The quantitative estimate of drug-likeness (QED) is 0.853. The van der Waals surface area contributed by atoms with E-state index in [1.54, 1.807) is 6.92 Å². The van der Waals surface area contributed by atoms with E-state index in [4.69, 9.17) is 4.74 Å². The number of carbonyl (C=O) groups excluding carboxylic acids is 1. The van der Waals surface area contributed by atoms with Crippen LogP contribution in [0.3, 0.4) is 0 Å². The van der Waals surface area contributed by atoms with Crippen LogP contribution in [0.4, 0.5) is 14.9 Å². The van der Waals surface area contributed by atoms with Gasteiger partial charge < -0.3 is 20.1 Å². The molecule has 5 nitrogen and oxygen atoms in total. The molecule has 1 atom stereocenters. The highest BCUT2D eigenvalue weighted by Crippen LogP contribution is 2.25. The van der Waals surface area contributed by atoms with E-state index >= 15 is 0 Å². The fourth-order valence-corrected chi connectivity index (χ4v) is 2.30. The highest BCUT2D eigenvalue weighted by Gasteiger charge is 2.18. The summed E-state index contributed by atoms with van der Waals surface area (Å²) < 4.78 is 18.3. The number of methoxy groups -OCH3 is 1. The Morgan fingerprint density at radius 2 is 2.00 bits per heavy atom. The molecular formula is C18H21FN2O3. The molecule has 0 aromatic heterocycles. The Kier molecular flexibility index (Phi) is 6.14. The molecule has 0 fully saturated rings. The second-order valence-electron chi connectivity index (χ2n) is 5.49. The first-order valence-corrected chi connectivity index (χ1v) is 7.61. The van der Waals surface area contributed by atoms with Crippen LogP contribution in [0.2, 0.25) is 0 Å². The van der Waals surface area contributed by atoms with Crippen molar-refractivity contribution >= 4 is 11.7 Å². The van der Waals surface area contributed by atoms with Crippen molar-refractivity contribution in [2.45, 2.75) is 19.6 Å². The SMILES string of the molecule is COc1cc(F)ccc1NC(=O)N(Cc1ccccc1)C[C@@H](C)O. The lowest BCUT2D eigenvalue weighted by atomic mass is 10.2. The number of carbonyl (C=O) groups is 1. The highest BCUT2D eigenvalue weighted by molar-refractivity contribution is 5.91. The molecule has 2 N–H and O–H groups in total. The number of hydrogen-bond acceptors (Lipinski definition) is 3. The maximum absolute atomic E-state index is 13.3. The standard InChI is InChI=1S/C18H21FN2O3/c1-13(22)11-21(12-14-6-4-3-5-7-14)18(23)20-16-9-8-15(19)10-17(16)24-2/h3-10,13,22H,11-12H2,1-2H3,(H,20,23)/t13-/m1/s1. The third-order valence-electron chi connectivity index (χ3n) is 3.39. The van der Waals surface area contributed by atoms with Crippen molar-refractivity contribution in [1.82, 2.24) is 4.90 Å². The second-order valence-corrected chi connectivity index (χ2v) is 5.49. The first kappa shape index (κ1) is 17.7. The molecule has 6 heteroatoms. The Balaban J connectivity index is 2.15. The first-order chi connectivity index (χ1) is 11.5. The van der Waals surface area contributed by atoms with Crippen LogP contribution in [0.1, 0.15) is 12.5 Å². The van der Waals surface area contributed by atoms with Gasteiger partial charge in [0.25, 0.3) is 0 Å². The second kappa shape index (κ2) is 8.31. The van der Waals surface area contributed by atoms with Crippen molar-refractivity contribution < 1.29 is 19.0 Å². The van der Waals surface area contributed by atoms with Gasteiger partial charge in [0.05, 0.1) is 18.9 Å². The van der Waals surface area contributed by atoms with Crippen LogP contribution in [-0.4, -0.2) is 35.8 Å². The van der Waals surface area contributed by atoms with Crippen molar-refractivity contribution in [2.24, 2.45) is 0 Å². The molecule has 0 unspecified atom stereocenters. The maximum Gasteiger partial charge on any atom is 0.322 e. The van der Waals surface area contributed by atoms with Crippen molar-refractivity contribution in [1.29, 1.82) is 0 Å². The third-order valence-corrected chi connectivity index (χ3v) is 3.39. The van der Waals surface area contributed by atoms with E-state index in [9.17, 15) is 14.3 Å². The summed E-state index contributed by atoms with van der Waals surface area (Å²) >= 11 is 0. The molecule has 0 saturated heterocycles. The van der Waals surface area contributed by atoms with Crippen LogP contribution in [0.5, 0.6) is 5.75 Å². The van der Waals surface area contributed by atoms with Gasteiger partial charge in [0.2, 0.25) is 0 Å². The van der Waals surface area contributed by atoms with Crippen LogP contribution in [-0.2, 0) is 6.54 Å². The van der Waals surface area contributed by atoms with Gasteiger partial charge in [0, 0.05) is 19.2 Å². The number of ether oxygens (including phenoxy) is 1. The Morgan fingerprint density at radius 1 is 1.29 bits per heavy atom. The molecule has 24 heavy (non-hydrogen) atoms.